The van der Waals surface area contributed by atoms with Gasteiger partial charge in [-0.05, 0) is 28.8 Å². The fraction of sp³-hybridized carbons (Fsp3) is 0.0952. The van der Waals surface area contributed by atoms with E-state index in [1.54, 1.807) is 6.20 Å². The van der Waals surface area contributed by atoms with E-state index in [0.29, 0.717) is 18.1 Å². The minimum atomic E-state index is 0.561. The highest BCUT2D eigenvalue weighted by atomic mass is 16.5. The van der Waals surface area contributed by atoms with E-state index in [1.165, 1.54) is 23.0 Å². The van der Waals surface area contributed by atoms with E-state index in [2.05, 4.69) is 63.5 Å². The molecule has 0 bridgehead atoms. The maximum Gasteiger partial charge on any atom is 0.226 e. The molecule has 0 spiro atoms. The molecule has 2 aromatic carbocycles. The number of hydrogen-bond donors (Lipinski definition) is 0. The van der Waals surface area contributed by atoms with Crippen molar-refractivity contribution >= 4 is 11.0 Å². The third kappa shape index (κ3) is 3.48. The standard InChI is InChI=1S/C21H17N3O/c1-2-5-17(6-3-1)18-10-8-16(9-11-18)12-14-25-21-19-7-4-13-22-20(19)23-15-24-21/h1-11,13,15H,12,14H2. The summed E-state index contributed by atoms with van der Waals surface area (Å²) in [4.78, 5) is 12.6. The molecular weight excluding hydrogens is 310 g/mol. The second-order valence-corrected chi connectivity index (χ2v) is 5.71. The van der Waals surface area contributed by atoms with Crippen molar-refractivity contribution in [3.05, 3.63) is 84.8 Å². The molecule has 0 unspecified atom stereocenters. The number of benzene rings is 2. The average Bonchev–Trinajstić information content (AvgIpc) is 2.69. The van der Waals surface area contributed by atoms with Crippen LogP contribution in [0.2, 0.25) is 0 Å². The Labute approximate surface area is 146 Å². The topological polar surface area (TPSA) is 47.9 Å². The lowest BCUT2D eigenvalue weighted by Gasteiger charge is -2.08. The van der Waals surface area contributed by atoms with Gasteiger partial charge in [0.15, 0.2) is 5.65 Å². The van der Waals surface area contributed by atoms with Crippen LogP contribution in [-0.2, 0) is 6.42 Å². The van der Waals surface area contributed by atoms with Crippen LogP contribution in [0.1, 0.15) is 5.56 Å². The molecule has 0 fully saturated rings. The van der Waals surface area contributed by atoms with Crippen LogP contribution in [0.3, 0.4) is 0 Å². The molecule has 122 valence electrons. The van der Waals surface area contributed by atoms with Gasteiger partial charge in [0, 0.05) is 12.6 Å². The molecule has 4 rings (SSSR count). The van der Waals surface area contributed by atoms with Crippen molar-refractivity contribution in [3.63, 3.8) is 0 Å². The lowest BCUT2D eigenvalue weighted by molar-refractivity contribution is 0.313. The van der Waals surface area contributed by atoms with Gasteiger partial charge in [-0.3, -0.25) is 0 Å². The predicted molar refractivity (Wildman–Crippen MR) is 98.4 cm³/mol. The van der Waals surface area contributed by atoms with Crippen LogP contribution in [0.4, 0.5) is 0 Å². The zero-order chi connectivity index (χ0) is 16.9. The van der Waals surface area contributed by atoms with Crippen molar-refractivity contribution in [1.82, 2.24) is 15.0 Å². The summed E-state index contributed by atoms with van der Waals surface area (Å²) < 4.78 is 5.85. The van der Waals surface area contributed by atoms with Crippen molar-refractivity contribution in [3.8, 4) is 17.0 Å². The van der Waals surface area contributed by atoms with Gasteiger partial charge in [-0.25, -0.2) is 15.0 Å². The van der Waals surface area contributed by atoms with Gasteiger partial charge in [0.25, 0.3) is 0 Å². The van der Waals surface area contributed by atoms with Crippen LogP contribution in [0.15, 0.2) is 79.3 Å². The molecule has 0 aliphatic rings. The summed E-state index contributed by atoms with van der Waals surface area (Å²) in [5.74, 6) is 0.582. The van der Waals surface area contributed by atoms with Crippen molar-refractivity contribution in [1.29, 1.82) is 0 Å². The van der Waals surface area contributed by atoms with Crippen LogP contribution in [0.5, 0.6) is 5.88 Å². The fourth-order valence-electron chi connectivity index (χ4n) is 2.75. The molecule has 0 amide bonds. The molecule has 4 aromatic rings. The number of hydrogen-bond acceptors (Lipinski definition) is 4. The van der Waals surface area contributed by atoms with Gasteiger partial charge in [-0.2, -0.15) is 0 Å². The number of fused-ring (bicyclic) bond motifs is 1. The van der Waals surface area contributed by atoms with Gasteiger partial charge in [-0.15, -0.1) is 0 Å². The molecule has 0 saturated heterocycles. The van der Waals surface area contributed by atoms with E-state index in [0.717, 1.165) is 11.8 Å². The number of ether oxygens (including phenoxy) is 1. The summed E-state index contributed by atoms with van der Waals surface area (Å²) in [5.41, 5.74) is 4.33. The Bertz CT molecular complexity index is 964. The zero-order valence-corrected chi connectivity index (χ0v) is 13.7. The second-order valence-electron chi connectivity index (χ2n) is 5.71. The van der Waals surface area contributed by atoms with E-state index < -0.39 is 0 Å². The van der Waals surface area contributed by atoms with E-state index >= 15 is 0 Å². The summed E-state index contributed by atoms with van der Waals surface area (Å²) in [6.07, 6.45) is 4.02. The maximum atomic E-state index is 5.85. The van der Waals surface area contributed by atoms with Crippen LogP contribution >= 0.6 is 0 Å². The van der Waals surface area contributed by atoms with Gasteiger partial charge >= 0.3 is 0 Å². The monoisotopic (exact) mass is 327 g/mol. The van der Waals surface area contributed by atoms with Gasteiger partial charge in [0.1, 0.15) is 6.33 Å². The molecule has 0 atom stereocenters. The number of aromatic nitrogens is 3. The minimum absolute atomic E-state index is 0.561. The van der Waals surface area contributed by atoms with E-state index in [4.69, 9.17) is 4.74 Å². The summed E-state index contributed by atoms with van der Waals surface area (Å²) in [7, 11) is 0. The minimum Gasteiger partial charge on any atom is -0.477 e. The van der Waals surface area contributed by atoms with Crippen LogP contribution in [-0.4, -0.2) is 21.6 Å². The van der Waals surface area contributed by atoms with Crippen molar-refractivity contribution in [2.75, 3.05) is 6.61 Å². The average molecular weight is 327 g/mol. The fourth-order valence-corrected chi connectivity index (χ4v) is 2.75. The molecule has 0 saturated carbocycles. The Hall–Kier alpha value is -3.27. The Morgan fingerprint density at radius 1 is 0.720 bits per heavy atom. The maximum absolute atomic E-state index is 5.85. The van der Waals surface area contributed by atoms with Crippen LogP contribution in [0.25, 0.3) is 22.2 Å². The molecule has 2 heterocycles. The normalized spacial score (nSPS) is 10.7. The van der Waals surface area contributed by atoms with Crippen LogP contribution in [0, 0.1) is 0 Å². The summed E-state index contributed by atoms with van der Waals surface area (Å²) in [5, 5.41) is 0.837. The zero-order valence-electron chi connectivity index (χ0n) is 13.7. The highest BCUT2D eigenvalue weighted by Crippen LogP contribution is 2.21. The first-order valence-electron chi connectivity index (χ1n) is 8.23. The molecule has 0 N–H and O–H groups in total. The molecule has 0 aliphatic carbocycles. The summed E-state index contributed by atoms with van der Waals surface area (Å²) >= 11 is 0. The largest absolute Gasteiger partial charge is 0.477 e. The Morgan fingerprint density at radius 3 is 2.36 bits per heavy atom. The highest BCUT2D eigenvalue weighted by molar-refractivity contribution is 5.79. The lowest BCUT2D eigenvalue weighted by atomic mass is 10.0. The van der Waals surface area contributed by atoms with Gasteiger partial charge in [-0.1, -0.05) is 54.6 Å². The Kier molecular flexibility index (Phi) is 4.33. The van der Waals surface area contributed by atoms with Crippen LogP contribution < -0.4 is 4.74 Å². The van der Waals surface area contributed by atoms with Crippen molar-refractivity contribution in [2.24, 2.45) is 0 Å². The quantitative estimate of drug-likeness (QED) is 0.548. The first-order valence-corrected chi connectivity index (χ1v) is 8.23. The molecule has 0 aliphatic heterocycles. The molecule has 4 heteroatoms. The van der Waals surface area contributed by atoms with E-state index in [-0.39, 0.29) is 0 Å². The third-order valence-electron chi connectivity index (χ3n) is 4.06. The lowest BCUT2D eigenvalue weighted by Crippen LogP contribution is -2.03. The predicted octanol–water partition coefficient (Wildman–Crippen LogP) is 4.31. The first kappa shape index (κ1) is 15.3. The molecule has 2 aromatic heterocycles. The van der Waals surface area contributed by atoms with Gasteiger partial charge < -0.3 is 4.74 Å². The van der Waals surface area contributed by atoms with E-state index in [1.807, 2.05) is 18.2 Å². The molecule has 4 nitrogen and oxygen atoms in total. The number of rotatable bonds is 5. The van der Waals surface area contributed by atoms with Crippen molar-refractivity contribution in [2.45, 2.75) is 6.42 Å². The molecule has 25 heavy (non-hydrogen) atoms. The highest BCUT2D eigenvalue weighted by Gasteiger charge is 2.05. The van der Waals surface area contributed by atoms with Crippen molar-refractivity contribution < 1.29 is 4.74 Å². The SMILES string of the molecule is c1ccc(-c2ccc(CCOc3ncnc4ncccc34)cc2)cc1. The Balaban J connectivity index is 1.42. The second kappa shape index (κ2) is 7.09. The van der Waals surface area contributed by atoms with Gasteiger partial charge in [0.05, 0.1) is 12.0 Å². The summed E-state index contributed by atoms with van der Waals surface area (Å²) in [6, 6.07) is 22.7. The smallest absolute Gasteiger partial charge is 0.226 e. The third-order valence-corrected chi connectivity index (χ3v) is 4.06. The number of pyridine rings is 1. The summed E-state index contributed by atoms with van der Waals surface area (Å²) in [6.45, 7) is 0.561. The van der Waals surface area contributed by atoms with E-state index in [9.17, 15) is 0 Å². The first-order chi connectivity index (χ1) is 12.4. The Morgan fingerprint density at radius 2 is 1.52 bits per heavy atom. The number of nitrogens with zero attached hydrogens (tertiary/aromatic N) is 3. The molecular formula is C21H17N3O. The molecule has 0 radical (unpaired) electrons. The van der Waals surface area contributed by atoms with Gasteiger partial charge in [0.2, 0.25) is 5.88 Å².